The fraction of sp³-hybridized carbons (Fsp3) is 0.333. The molecule has 1 aromatic rings. The quantitative estimate of drug-likeness (QED) is 0.874. The summed E-state index contributed by atoms with van der Waals surface area (Å²) < 4.78 is 41.6. The van der Waals surface area contributed by atoms with E-state index in [0.29, 0.717) is 4.47 Å². The van der Waals surface area contributed by atoms with Crippen LogP contribution in [0.3, 0.4) is 0 Å². The highest BCUT2D eigenvalue weighted by Crippen LogP contribution is 2.36. The molecule has 1 aliphatic heterocycles. The van der Waals surface area contributed by atoms with Crippen LogP contribution in [0.2, 0.25) is 0 Å². The lowest BCUT2D eigenvalue weighted by Crippen LogP contribution is -2.54. The second-order valence-electron chi connectivity index (χ2n) is 4.47. The molecule has 1 fully saturated rings. The van der Waals surface area contributed by atoms with E-state index in [1.54, 1.807) is 6.92 Å². The summed E-state index contributed by atoms with van der Waals surface area (Å²) in [7, 11) is 0. The lowest BCUT2D eigenvalue weighted by molar-refractivity contribution is -0.274. The van der Waals surface area contributed by atoms with E-state index in [1.807, 2.05) is 0 Å². The fourth-order valence-corrected chi connectivity index (χ4v) is 2.20. The first-order chi connectivity index (χ1) is 9.67. The van der Waals surface area contributed by atoms with Gasteiger partial charge in [0.25, 0.3) is 0 Å². The molecule has 1 atom stereocenters. The Balaban J connectivity index is 2.39. The van der Waals surface area contributed by atoms with Crippen LogP contribution >= 0.6 is 15.9 Å². The first kappa shape index (κ1) is 15.6. The standard InChI is InChI=1S/C12H10BrF3N2O3/c1-6-5-18(11(20)17-10(6)19)8-3-2-7(13)4-9(8)21-12(14,15)16/h2-4,6H,5H2,1H3,(H,17,19,20). The molecule has 21 heavy (non-hydrogen) atoms. The van der Waals surface area contributed by atoms with Crippen molar-refractivity contribution in [1.29, 1.82) is 0 Å². The van der Waals surface area contributed by atoms with Crippen LogP contribution in [0.5, 0.6) is 5.75 Å². The number of nitrogens with one attached hydrogen (secondary N) is 1. The number of benzene rings is 1. The van der Waals surface area contributed by atoms with Gasteiger partial charge in [0.05, 0.1) is 11.6 Å². The number of carbonyl (C=O) groups excluding carboxylic acids is 2. The average Bonchev–Trinajstić information content (AvgIpc) is 2.32. The van der Waals surface area contributed by atoms with Crippen LogP contribution in [-0.2, 0) is 4.79 Å². The minimum absolute atomic E-state index is 0.0273. The second-order valence-corrected chi connectivity index (χ2v) is 5.38. The number of carbonyl (C=O) groups is 2. The number of ether oxygens (including phenoxy) is 1. The van der Waals surface area contributed by atoms with Gasteiger partial charge in [-0.15, -0.1) is 13.2 Å². The van der Waals surface area contributed by atoms with Crippen LogP contribution in [-0.4, -0.2) is 24.8 Å². The minimum atomic E-state index is -4.89. The molecule has 0 radical (unpaired) electrons. The molecular weight excluding hydrogens is 357 g/mol. The molecule has 1 aliphatic rings. The summed E-state index contributed by atoms with van der Waals surface area (Å²) in [4.78, 5) is 24.2. The van der Waals surface area contributed by atoms with Crippen molar-refractivity contribution >= 4 is 33.6 Å². The van der Waals surface area contributed by atoms with Gasteiger partial charge >= 0.3 is 12.4 Å². The summed E-state index contributed by atoms with van der Waals surface area (Å²) in [6.45, 7) is 1.54. The fourth-order valence-electron chi connectivity index (χ4n) is 1.86. The zero-order valence-electron chi connectivity index (χ0n) is 10.7. The van der Waals surface area contributed by atoms with Crippen LogP contribution in [0.1, 0.15) is 6.92 Å². The van der Waals surface area contributed by atoms with E-state index in [0.717, 1.165) is 11.0 Å². The molecule has 0 aromatic heterocycles. The van der Waals surface area contributed by atoms with E-state index in [4.69, 9.17) is 0 Å². The molecule has 9 heteroatoms. The summed E-state index contributed by atoms with van der Waals surface area (Å²) in [6, 6.07) is 3.12. The maximum atomic E-state index is 12.4. The number of anilines is 1. The van der Waals surface area contributed by atoms with Gasteiger partial charge in [-0.25, -0.2) is 4.79 Å². The number of halogens is 4. The van der Waals surface area contributed by atoms with Gasteiger partial charge in [0, 0.05) is 11.0 Å². The number of rotatable bonds is 2. The first-order valence-corrected chi connectivity index (χ1v) is 6.64. The number of imide groups is 1. The van der Waals surface area contributed by atoms with E-state index in [2.05, 4.69) is 26.0 Å². The highest BCUT2D eigenvalue weighted by molar-refractivity contribution is 9.10. The molecule has 1 N–H and O–H groups in total. The molecule has 2 rings (SSSR count). The third kappa shape index (κ3) is 3.66. The number of hydrogen-bond acceptors (Lipinski definition) is 3. The number of alkyl halides is 3. The molecule has 0 bridgehead atoms. The molecule has 1 unspecified atom stereocenters. The molecule has 5 nitrogen and oxygen atoms in total. The van der Waals surface area contributed by atoms with Crippen molar-refractivity contribution in [2.45, 2.75) is 13.3 Å². The van der Waals surface area contributed by atoms with Gasteiger partial charge in [-0.3, -0.25) is 15.0 Å². The number of hydrogen-bond donors (Lipinski definition) is 1. The van der Waals surface area contributed by atoms with Gasteiger partial charge in [-0.2, -0.15) is 0 Å². The summed E-state index contributed by atoms with van der Waals surface area (Å²) in [5.74, 6) is -1.52. The maximum Gasteiger partial charge on any atom is 0.573 e. The summed E-state index contributed by atoms with van der Waals surface area (Å²) in [5, 5.41) is 2.08. The zero-order valence-corrected chi connectivity index (χ0v) is 12.3. The van der Waals surface area contributed by atoms with Crippen LogP contribution in [0.4, 0.5) is 23.7 Å². The van der Waals surface area contributed by atoms with Crippen molar-refractivity contribution in [3.63, 3.8) is 0 Å². The molecule has 1 saturated heterocycles. The lowest BCUT2D eigenvalue weighted by atomic mass is 10.1. The Morgan fingerprint density at radius 3 is 2.67 bits per heavy atom. The number of amides is 3. The summed E-state index contributed by atoms with van der Waals surface area (Å²) >= 11 is 3.04. The second kappa shape index (κ2) is 5.55. The Kier molecular flexibility index (Phi) is 4.13. The van der Waals surface area contributed by atoms with Gasteiger partial charge in [-0.05, 0) is 18.2 Å². The smallest absolute Gasteiger partial charge is 0.404 e. The molecule has 0 aliphatic carbocycles. The summed E-state index contributed by atoms with van der Waals surface area (Å²) in [6.07, 6.45) is -4.89. The van der Waals surface area contributed by atoms with Gasteiger partial charge in [0.15, 0.2) is 5.75 Å². The predicted molar refractivity (Wildman–Crippen MR) is 70.9 cm³/mol. The normalized spacial score (nSPS) is 19.5. The third-order valence-electron chi connectivity index (χ3n) is 2.82. The van der Waals surface area contributed by atoms with Crippen molar-refractivity contribution < 1.29 is 27.5 Å². The predicted octanol–water partition coefficient (Wildman–Crippen LogP) is 3.04. The molecule has 0 spiro atoms. The van der Waals surface area contributed by atoms with Gasteiger partial charge in [-0.1, -0.05) is 22.9 Å². The maximum absolute atomic E-state index is 12.4. The highest BCUT2D eigenvalue weighted by atomic mass is 79.9. The SMILES string of the molecule is CC1CN(c2ccc(Br)cc2OC(F)(F)F)C(=O)NC1=O. The Hall–Kier alpha value is -1.77. The van der Waals surface area contributed by atoms with E-state index in [-0.39, 0.29) is 12.2 Å². The monoisotopic (exact) mass is 366 g/mol. The van der Waals surface area contributed by atoms with Crippen molar-refractivity contribution in [2.75, 3.05) is 11.4 Å². The third-order valence-corrected chi connectivity index (χ3v) is 3.31. The van der Waals surface area contributed by atoms with Crippen LogP contribution in [0.15, 0.2) is 22.7 Å². The topological polar surface area (TPSA) is 58.6 Å². The van der Waals surface area contributed by atoms with Crippen molar-refractivity contribution in [1.82, 2.24) is 5.32 Å². The molecule has 3 amide bonds. The highest BCUT2D eigenvalue weighted by Gasteiger charge is 2.36. The van der Waals surface area contributed by atoms with Crippen LogP contribution < -0.4 is 15.0 Å². The zero-order chi connectivity index (χ0) is 15.8. The van der Waals surface area contributed by atoms with E-state index < -0.39 is 30.0 Å². The largest absolute Gasteiger partial charge is 0.573 e. The van der Waals surface area contributed by atoms with Crippen LogP contribution in [0.25, 0.3) is 0 Å². The summed E-state index contributed by atoms with van der Waals surface area (Å²) in [5.41, 5.74) is -0.0626. The van der Waals surface area contributed by atoms with Gasteiger partial charge in [0.2, 0.25) is 5.91 Å². The Morgan fingerprint density at radius 1 is 1.38 bits per heavy atom. The van der Waals surface area contributed by atoms with Crippen molar-refractivity contribution in [3.05, 3.63) is 22.7 Å². The molecular formula is C12H10BrF3N2O3. The van der Waals surface area contributed by atoms with Gasteiger partial charge in [0.1, 0.15) is 0 Å². The molecule has 0 saturated carbocycles. The van der Waals surface area contributed by atoms with E-state index in [1.165, 1.54) is 12.1 Å². The Morgan fingerprint density at radius 2 is 2.05 bits per heavy atom. The first-order valence-electron chi connectivity index (χ1n) is 5.85. The van der Waals surface area contributed by atoms with Crippen molar-refractivity contribution in [3.8, 4) is 5.75 Å². The Bertz CT molecular complexity index is 592. The van der Waals surface area contributed by atoms with Crippen molar-refractivity contribution in [2.24, 2.45) is 5.92 Å². The van der Waals surface area contributed by atoms with E-state index in [9.17, 15) is 22.8 Å². The lowest BCUT2D eigenvalue weighted by Gasteiger charge is -2.31. The molecule has 1 heterocycles. The van der Waals surface area contributed by atoms with Gasteiger partial charge < -0.3 is 4.74 Å². The number of urea groups is 1. The molecule has 114 valence electrons. The van der Waals surface area contributed by atoms with Crippen LogP contribution in [0, 0.1) is 5.92 Å². The minimum Gasteiger partial charge on any atom is -0.404 e. The molecule has 1 aromatic carbocycles. The van der Waals surface area contributed by atoms with E-state index >= 15 is 0 Å². The average molecular weight is 367 g/mol. The Labute approximate surface area is 126 Å². The number of nitrogens with zero attached hydrogens (tertiary/aromatic N) is 1.